The Kier molecular flexibility index (Phi) is 18.3. The second-order valence-electron chi connectivity index (χ2n) is 13.2. The van der Waals surface area contributed by atoms with E-state index in [9.17, 15) is 18.4 Å². The number of aromatic nitrogens is 1. The number of carbonyl (C=O) groups is 2. The summed E-state index contributed by atoms with van der Waals surface area (Å²) in [6, 6.07) is 10.7. The van der Waals surface area contributed by atoms with Crippen LogP contribution in [-0.2, 0) is 14.2 Å². The molecule has 54 heavy (non-hydrogen) atoms. The Morgan fingerprint density at radius 1 is 0.907 bits per heavy atom. The largest absolute Gasteiger partial charge is 0.491 e. The highest BCUT2D eigenvalue weighted by Crippen LogP contribution is 2.25. The van der Waals surface area contributed by atoms with Crippen LogP contribution in [0.2, 0.25) is 0 Å². The number of hydrogen-bond acceptors (Lipinski definition) is 6. The van der Waals surface area contributed by atoms with Gasteiger partial charge in [-0.25, -0.2) is 0 Å². The summed E-state index contributed by atoms with van der Waals surface area (Å²) >= 11 is 0. The van der Waals surface area contributed by atoms with Crippen LogP contribution in [-0.4, -0.2) is 55.8 Å². The number of halogens is 2. The summed E-state index contributed by atoms with van der Waals surface area (Å²) in [4.78, 5) is 24.6. The van der Waals surface area contributed by atoms with Gasteiger partial charge in [0, 0.05) is 27.6 Å². The van der Waals surface area contributed by atoms with Crippen LogP contribution in [0.5, 0.6) is 5.75 Å². The maximum atomic E-state index is 14.5. The lowest BCUT2D eigenvalue weighted by molar-refractivity contribution is 0.0205. The Hall–Kier alpha value is -4.60. The van der Waals surface area contributed by atoms with Crippen molar-refractivity contribution in [1.82, 2.24) is 4.57 Å². The van der Waals surface area contributed by atoms with Gasteiger partial charge in [-0.3, -0.25) is 14.2 Å². The van der Waals surface area contributed by atoms with Crippen LogP contribution in [0.15, 0.2) is 78.6 Å². The number of allylic oxidation sites excluding steroid dienone is 6. The Morgan fingerprint density at radius 3 is 2.22 bits per heavy atom. The molecule has 0 atom stereocenters. The minimum Gasteiger partial charge on any atom is -0.491 e. The molecule has 0 aliphatic carbocycles. The molecule has 292 valence electrons. The van der Waals surface area contributed by atoms with Crippen molar-refractivity contribution in [1.29, 1.82) is 0 Å². The number of benzene rings is 2. The standard InChI is InChI=1S/C45H57F2NO6/c1-9-13-14-16-37-38-20-17-35(29-42(38)48(45(46)47)41(37)15-10-2)34(12-4)18-22-43(32(7)11-3)54-28-26-52-24-23-51-25-27-53-36-19-21-39(44(50)31(5)6)40(30-36)33(8)49/h10,12,15-22,29-31,45H,2,9,11,13-14,23-28H2,1,3-8H3/b22-18-,34-12+,37-16-,41-15+,43-32-. The second-order valence-corrected chi connectivity index (χ2v) is 13.2. The zero-order valence-electron chi connectivity index (χ0n) is 33.0. The van der Waals surface area contributed by atoms with Gasteiger partial charge in [0.2, 0.25) is 0 Å². The smallest absolute Gasteiger partial charge is 0.319 e. The molecule has 0 radical (unpaired) electrons. The monoisotopic (exact) mass is 745 g/mol. The lowest BCUT2D eigenvalue weighted by Crippen LogP contribution is -2.29. The van der Waals surface area contributed by atoms with Gasteiger partial charge in [-0.1, -0.05) is 83.6 Å². The number of rotatable bonds is 23. The molecule has 0 fully saturated rings. The fourth-order valence-electron chi connectivity index (χ4n) is 5.89. The first-order chi connectivity index (χ1) is 26.0. The SMILES string of the molecule is C=C/C=c1\c(=C/CCCC)c2ccc(C(/C=C\C(OCCOCCOCCOc3ccc(C(=O)C(C)C)c(C(C)=O)c3)=C(/C)CC)=C/C)cc2n1C(F)F. The summed E-state index contributed by atoms with van der Waals surface area (Å²) in [5, 5.41) is 2.07. The fraction of sp³-hybridized carbons (Fsp3) is 0.422. The quantitative estimate of drug-likeness (QED) is 0.0417. The van der Waals surface area contributed by atoms with Crippen LogP contribution in [0.1, 0.15) is 107 Å². The summed E-state index contributed by atoms with van der Waals surface area (Å²) in [7, 11) is 0. The van der Waals surface area contributed by atoms with E-state index < -0.39 is 6.55 Å². The van der Waals surface area contributed by atoms with Gasteiger partial charge in [0.1, 0.15) is 24.7 Å². The molecule has 2 aromatic carbocycles. The number of alkyl halides is 2. The van der Waals surface area contributed by atoms with E-state index in [1.807, 2.05) is 50.3 Å². The maximum absolute atomic E-state index is 14.5. The minimum atomic E-state index is -2.70. The zero-order valence-corrected chi connectivity index (χ0v) is 33.0. The molecule has 9 heteroatoms. The summed E-state index contributed by atoms with van der Waals surface area (Å²) in [5.74, 6) is 0.765. The number of ketones is 2. The molecule has 0 saturated carbocycles. The van der Waals surface area contributed by atoms with Crippen molar-refractivity contribution < 1.29 is 37.3 Å². The lowest BCUT2D eigenvalue weighted by Gasteiger charge is -2.13. The van der Waals surface area contributed by atoms with Crippen molar-refractivity contribution in [3.8, 4) is 5.75 Å². The van der Waals surface area contributed by atoms with E-state index >= 15 is 0 Å². The number of ether oxygens (including phenoxy) is 4. The summed E-state index contributed by atoms with van der Waals surface area (Å²) in [6.07, 6.45) is 14.7. The minimum absolute atomic E-state index is 0.0772. The van der Waals surface area contributed by atoms with Gasteiger partial charge >= 0.3 is 6.55 Å². The molecular weight excluding hydrogens is 688 g/mol. The Balaban J connectivity index is 1.55. The number of hydrogen-bond donors (Lipinski definition) is 0. The van der Waals surface area contributed by atoms with Crippen LogP contribution >= 0.6 is 0 Å². The van der Waals surface area contributed by atoms with Crippen LogP contribution in [0, 0.1) is 5.92 Å². The molecule has 3 aromatic rings. The Morgan fingerprint density at radius 2 is 1.61 bits per heavy atom. The second kappa shape index (κ2) is 22.6. The molecule has 0 bridgehead atoms. The molecule has 0 amide bonds. The van der Waals surface area contributed by atoms with Crippen LogP contribution < -0.4 is 15.3 Å². The van der Waals surface area contributed by atoms with Crippen molar-refractivity contribution in [2.45, 2.75) is 80.7 Å². The van der Waals surface area contributed by atoms with Gasteiger partial charge in [0.15, 0.2) is 11.6 Å². The molecule has 0 spiro atoms. The van der Waals surface area contributed by atoms with Gasteiger partial charge in [-0.15, -0.1) is 0 Å². The van der Waals surface area contributed by atoms with E-state index in [0.29, 0.717) is 60.8 Å². The highest BCUT2D eigenvalue weighted by Gasteiger charge is 2.19. The topological polar surface area (TPSA) is 76.0 Å². The average Bonchev–Trinajstić information content (AvgIpc) is 3.46. The normalized spacial score (nSPS) is 13.4. The van der Waals surface area contributed by atoms with Gasteiger partial charge in [0.05, 0.1) is 37.3 Å². The summed E-state index contributed by atoms with van der Waals surface area (Å²) < 4.78 is 53.2. The van der Waals surface area contributed by atoms with Crippen molar-refractivity contribution >= 4 is 40.2 Å². The highest BCUT2D eigenvalue weighted by molar-refractivity contribution is 6.09. The first kappa shape index (κ1) is 43.8. The lowest BCUT2D eigenvalue weighted by atomic mass is 9.94. The van der Waals surface area contributed by atoms with Crippen molar-refractivity contribution in [3.05, 3.63) is 106 Å². The number of nitrogens with zero attached hydrogens (tertiary/aromatic N) is 1. The van der Waals surface area contributed by atoms with Gasteiger partial charge in [-0.2, -0.15) is 8.78 Å². The van der Waals surface area contributed by atoms with E-state index in [2.05, 4.69) is 26.5 Å². The Labute approximate surface area is 319 Å². The van der Waals surface area contributed by atoms with Crippen molar-refractivity contribution in [3.63, 3.8) is 0 Å². The number of carbonyl (C=O) groups excluding carboxylic acids is 2. The first-order valence-electron chi connectivity index (χ1n) is 18.9. The van der Waals surface area contributed by atoms with Crippen LogP contribution in [0.3, 0.4) is 0 Å². The van der Waals surface area contributed by atoms with Gasteiger partial charge in [-0.05, 0) is 86.7 Å². The van der Waals surface area contributed by atoms with Crippen molar-refractivity contribution in [2.75, 3.05) is 39.6 Å². The van der Waals surface area contributed by atoms with Gasteiger partial charge < -0.3 is 18.9 Å². The van der Waals surface area contributed by atoms with Crippen LogP contribution in [0.25, 0.3) is 28.6 Å². The number of Topliss-reactive ketones (excluding diaryl/α,β-unsaturated/α-hetero) is 2. The molecule has 3 rings (SSSR count). The van der Waals surface area contributed by atoms with E-state index in [-0.39, 0.29) is 24.1 Å². The zero-order chi connectivity index (χ0) is 39.6. The van der Waals surface area contributed by atoms with E-state index in [0.717, 1.165) is 63.3 Å². The average molecular weight is 746 g/mol. The van der Waals surface area contributed by atoms with E-state index in [4.69, 9.17) is 18.9 Å². The predicted octanol–water partition coefficient (Wildman–Crippen LogP) is 9.79. The van der Waals surface area contributed by atoms with E-state index in [1.165, 1.54) is 6.92 Å². The molecule has 0 unspecified atom stereocenters. The molecule has 1 heterocycles. The van der Waals surface area contributed by atoms with E-state index in [1.54, 1.807) is 44.2 Å². The van der Waals surface area contributed by atoms with Gasteiger partial charge in [0.25, 0.3) is 0 Å². The highest BCUT2D eigenvalue weighted by atomic mass is 19.3. The fourth-order valence-corrected chi connectivity index (χ4v) is 5.89. The van der Waals surface area contributed by atoms with Crippen molar-refractivity contribution in [2.24, 2.45) is 5.92 Å². The Bertz CT molecular complexity index is 1950. The first-order valence-corrected chi connectivity index (χ1v) is 18.9. The third kappa shape index (κ3) is 12.2. The molecule has 0 saturated heterocycles. The number of fused-ring (bicyclic) bond motifs is 1. The molecular formula is C45H57F2NO6. The third-order valence-electron chi connectivity index (χ3n) is 8.98. The molecule has 0 N–H and O–H groups in total. The maximum Gasteiger partial charge on any atom is 0.319 e. The van der Waals surface area contributed by atoms with Crippen LogP contribution in [0.4, 0.5) is 8.78 Å². The third-order valence-corrected chi connectivity index (χ3v) is 8.98. The molecule has 1 aromatic heterocycles. The molecule has 7 nitrogen and oxygen atoms in total. The predicted molar refractivity (Wildman–Crippen MR) is 216 cm³/mol. The molecule has 0 aliphatic rings. The summed E-state index contributed by atoms with van der Waals surface area (Å²) in [6.45, 7) is 16.3. The number of unbranched alkanes of at least 4 members (excludes halogenated alkanes) is 2. The molecule has 0 aliphatic heterocycles. The summed E-state index contributed by atoms with van der Waals surface area (Å²) in [5.41, 5.74) is 4.02.